The lowest BCUT2D eigenvalue weighted by Crippen LogP contribution is -2.44. The number of Topliss-reactive ketones (excluding diaryl/α,β-unsaturated/α-hetero) is 1. The van der Waals surface area contributed by atoms with Crippen molar-refractivity contribution in [1.82, 2.24) is 5.32 Å². The zero-order valence-electron chi connectivity index (χ0n) is 8.42. The Morgan fingerprint density at radius 2 is 1.71 bits per heavy atom. The monoisotopic (exact) mass is 195 g/mol. The first-order valence-corrected chi connectivity index (χ1v) is 5.57. The van der Waals surface area contributed by atoms with E-state index in [0.29, 0.717) is 24.2 Å². The highest BCUT2D eigenvalue weighted by Gasteiger charge is 2.29. The Balaban J connectivity index is 1.88. The van der Waals surface area contributed by atoms with Gasteiger partial charge in [0.15, 0.2) is 0 Å². The number of hydrogen-bond acceptors (Lipinski definition) is 2. The van der Waals surface area contributed by atoms with Crippen LogP contribution in [0.25, 0.3) is 0 Å². The smallest absolute Gasteiger partial charge is 0.220 e. The van der Waals surface area contributed by atoms with Crippen LogP contribution in [0.15, 0.2) is 0 Å². The fourth-order valence-corrected chi connectivity index (χ4v) is 2.55. The summed E-state index contributed by atoms with van der Waals surface area (Å²) in [6, 6.07) is 0.351. The van der Waals surface area contributed by atoms with E-state index >= 15 is 0 Å². The van der Waals surface area contributed by atoms with Gasteiger partial charge in [0.05, 0.1) is 0 Å². The number of rotatable bonds is 1. The van der Waals surface area contributed by atoms with E-state index in [1.807, 2.05) is 0 Å². The molecule has 0 aromatic heterocycles. The van der Waals surface area contributed by atoms with E-state index in [-0.39, 0.29) is 5.91 Å². The highest BCUT2D eigenvalue weighted by Crippen LogP contribution is 2.28. The van der Waals surface area contributed by atoms with Crippen LogP contribution in [-0.4, -0.2) is 17.7 Å². The molecule has 1 aliphatic heterocycles. The Morgan fingerprint density at radius 1 is 1.00 bits per heavy atom. The van der Waals surface area contributed by atoms with E-state index in [2.05, 4.69) is 5.32 Å². The Bertz CT molecular complexity index is 240. The molecular weight excluding hydrogens is 178 g/mol. The van der Waals surface area contributed by atoms with Crippen molar-refractivity contribution in [2.75, 3.05) is 0 Å². The molecule has 2 aliphatic rings. The molecule has 1 amide bonds. The quantitative estimate of drug-likeness (QED) is 0.687. The lowest BCUT2D eigenvalue weighted by Gasteiger charge is -2.33. The molecule has 1 aliphatic carbocycles. The van der Waals surface area contributed by atoms with Crippen molar-refractivity contribution >= 4 is 11.7 Å². The van der Waals surface area contributed by atoms with Gasteiger partial charge in [-0.2, -0.15) is 0 Å². The molecule has 1 heterocycles. The second-order valence-corrected chi connectivity index (χ2v) is 4.44. The van der Waals surface area contributed by atoms with Crippen LogP contribution in [0.2, 0.25) is 0 Å². The number of piperidine rings is 1. The van der Waals surface area contributed by atoms with Gasteiger partial charge >= 0.3 is 0 Å². The van der Waals surface area contributed by atoms with Crippen LogP contribution in [0.4, 0.5) is 0 Å². The molecule has 0 radical (unpaired) electrons. The molecule has 78 valence electrons. The molecule has 0 aromatic carbocycles. The summed E-state index contributed by atoms with van der Waals surface area (Å²) in [5, 5.41) is 3.05. The van der Waals surface area contributed by atoms with Gasteiger partial charge in [0.1, 0.15) is 5.78 Å². The van der Waals surface area contributed by atoms with E-state index in [9.17, 15) is 9.59 Å². The number of nitrogens with one attached hydrogen (secondary N) is 1. The summed E-state index contributed by atoms with van der Waals surface area (Å²) < 4.78 is 0. The van der Waals surface area contributed by atoms with Crippen LogP contribution in [-0.2, 0) is 9.59 Å². The summed E-state index contributed by atoms with van der Waals surface area (Å²) in [7, 11) is 0. The van der Waals surface area contributed by atoms with Crippen LogP contribution in [0.3, 0.4) is 0 Å². The minimum absolute atomic E-state index is 0.193. The van der Waals surface area contributed by atoms with Crippen LogP contribution in [0.1, 0.15) is 44.9 Å². The Hall–Kier alpha value is -0.860. The van der Waals surface area contributed by atoms with Gasteiger partial charge in [-0.1, -0.05) is 0 Å². The third-order valence-corrected chi connectivity index (χ3v) is 3.42. The van der Waals surface area contributed by atoms with E-state index < -0.39 is 0 Å². The summed E-state index contributed by atoms with van der Waals surface area (Å²) in [5.41, 5.74) is 0. The molecule has 1 N–H and O–H groups in total. The molecule has 14 heavy (non-hydrogen) atoms. The molecule has 1 atom stereocenters. The minimum atomic E-state index is 0.193. The van der Waals surface area contributed by atoms with Crippen LogP contribution >= 0.6 is 0 Å². The van der Waals surface area contributed by atoms with E-state index in [4.69, 9.17) is 0 Å². The van der Waals surface area contributed by atoms with Crippen LogP contribution < -0.4 is 5.32 Å². The summed E-state index contributed by atoms with van der Waals surface area (Å²) in [6.07, 6.45) is 6.19. The molecule has 1 unspecified atom stereocenters. The normalized spacial score (nSPS) is 30.1. The molecule has 2 rings (SSSR count). The molecule has 0 aromatic rings. The van der Waals surface area contributed by atoms with E-state index in [0.717, 1.165) is 38.5 Å². The first kappa shape index (κ1) is 9.69. The van der Waals surface area contributed by atoms with Crippen molar-refractivity contribution in [1.29, 1.82) is 0 Å². The van der Waals surface area contributed by atoms with Gasteiger partial charge in [-0.25, -0.2) is 0 Å². The largest absolute Gasteiger partial charge is 0.353 e. The number of amides is 1. The number of carbonyl (C=O) groups is 2. The highest BCUT2D eigenvalue weighted by atomic mass is 16.1. The van der Waals surface area contributed by atoms with Crippen molar-refractivity contribution in [3.05, 3.63) is 0 Å². The molecule has 1 saturated carbocycles. The predicted octanol–water partition coefficient (Wildman–Crippen LogP) is 1.41. The zero-order valence-corrected chi connectivity index (χ0v) is 8.42. The number of ketones is 1. The minimum Gasteiger partial charge on any atom is -0.353 e. The molecule has 0 spiro atoms. The first-order chi connectivity index (χ1) is 6.75. The highest BCUT2D eigenvalue weighted by molar-refractivity contribution is 5.79. The Labute approximate surface area is 84.2 Å². The number of hydrogen-bond donors (Lipinski definition) is 1. The summed E-state index contributed by atoms with van der Waals surface area (Å²) in [4.78, 5) is 22.3. The van der Waals surface area contributed by atoms with Gasteiger partial charge < -0.3 is 5.32 Å². The van der Waals surface area contributed by atoms with Gasteiger partial charge in [-0.05, 0) is 31.6 Å². The maximum Gasteiger partial charge on any atom is 0.220 e. The molecule has 3 nitrogen and oxygen atoms in total. The SMILES string of the molecule is O=C1CCC(C2CCCC(=O)N2)CC1. The first-order valence-electron chi connectivity index (χ1n) is 5.57. The average molecular weight is 195 g/mol. The summed E-state index contributed by atoms with van der Waals surface area (Å²) in [5.74, 6) is 1.14. The maximum atomic E-state index is 11.2. The topological polar surface area (TPSA) is 46.2 Å². The zero-order chi connectivity index (χ0) is 9.97. The molecule has 0 bridgehead atoms. The third kappa shape index (κ3) is 2.14. The molecule has 1 saturated heterocycles. The third-order valence-electron chi connectivity index (χ3n) is 3.42. The molecular formula is C11H17NO2. The number of carbonyl (C=O) groups excluding carboxylic acids is 2. The van der Waals surface area contributed by atoms with Gasteiger partial charge in [0, 0.05) is 25.3 Å². The maximum absolute atomic E-state index is 11.2. The standard InChI is InChI=1S/C11H17NO2/c13-9-6-4-8(5-7-9)10-2-1-3-11(14)12-10/h8,10H,1-7H2,(H,12,14). The van der Waals surface area contributed by atoms with Gasteiger partial charge in [0.25, 0.3) is 0 Å². The second-order valence-electron chi connectivity index (χ2n) is 4.44. The summed E-state index contributed by atoms with van der Waals surface area (Å²) in [6.45, 7) is 0. The lowest BCUT2D eigenvalue weighted by molar-refractivity contribution is -0.124. The van der Waals surface area contributed by atoms with Crippen LogP contribution in [0, 0.1) is 5.92 Å². The van der Waals surface area contributed by atoms with Crippen molar-refractivity contribution in [2.24, 2.45) is 5.92 Å². The van der Waals surface area contributed by atoms with Gasteiger partial charge in [-0.15, -0.1) is 0 Å². The summed E-state index contributed by atoms with van der Waals surface area (Å²) >= 11 is 0. The molecule has 2 fully saturated rings. The van der Waals surface area contributed by atoms with Gasteiger partial charge in [-0.3, -0.25) is 9.59 Å². The molecule has 3 heteroatoms. The fraction of sp³-hybridized carbons (Fsp3) is 0.818. The Kier molecular flexibility index (Phi) is 2.85. The van der Waals surface area contributed by atoms with Crippen molar-refractivity contribution in [3.63, 3.8) is 0 Å². The van der Waals surface area contributed by atoms with Crippen molar-refractivity contribution in [2.45, 2.75) is 51.0 Å². The average Bonchev–Trinajstić information content (AvgIpc) is 2.19. The van der Waals surface area contributed by atoms with Gasteiger partial charge in [0.2, 0.25) is 5.91 Å². The van der Waals surface area contributed by atoms with E-state index in [1.54, 1.807) is 0 Å². The van der Waals surface area contributed by atoms with Crippen molar-refractivity contribution < 1.29 is 9.59 Å². The van der Waals surface area contributed by atoms with Crippen LogP contribution in [0.5, 0.6) is 0 Å². The lowest BCUT2D eigenvalue weighted by atomic mass is 9.80. The second kappa shape index (κ2) is 4.11. The van der Waals surface area contributed by atoms with Crippen molar-refractivity contribution in [3.8, 4) is 0 Å². The fourth-order valence-electron chi connectivity index (χ4n) is 2.55. The predicted molar refractivity (Wildman–Crippen MR) is 52.7 cm³/mol. The van der Waals surface area contributed by atoms with E-state index in [1.165, 1.54) is 0 Å². The Morgan fingerprint density at radius 3 is 2.36 bits per heavy atom.